The molecule has 4 rings (SSSR count). The van der Waals surface area contributed by atoms with Crippen LogP contribution in [0.5, 0.6) is 5.75 Å². The summed E-state index contributed by atoms with van der Waals surface area (Å²) in [6.45, 7) is 3.62. The fraction of sp³-hybridized carbons (Fsp3) is 0.200. The standard InChI is InChI=1S/C25H22N2O3/c1-16-10-11-20(21-9-6-12-26-25(16)21)18-7-4-3-5-8-19(13-18)27-15-24(30)23(29)14-22(27)17(2)28/h5-6,8-15,17-18,28,30H,3H2,1-2H3/b8-5-,19-13?. The molecule has 1 aromatic carbocycles. The number of aliphatic hydroxyl groups is 1. The van der Waals surface area contributed by atoms with Crippen LogP contribution in [0.25, 0.3) is 16.6 Å². The average molecular weight is 398 g/mol. The summed E-state index contributed by atoms with van der Waals surface area (Å²) in [5.41, 5.74) is 3.67. The van der Waals surface area contributed by atoms with E-state index in [1.165, 1.54) is 12.3 Å². The Morgan fingerprint density at radius 1 is 1.30 bits per heavy atom. The third kappa shape index (κ3) is 3.66. The molecule has 2 unspecified atom stereocenters. The van der Waals surface area contributed by atoms with Gasteiger partial charge in [0.25, 0.3) is 0 Å². The van der Waals surface area contributed by atoms with Crippen molar-refractivity contribution in [3.8, 4) is 17.6 Å². The molecule has 1 aliphatic rings. The summed E-state index contributed by atoms with van der Waals surface area (Å²) < 4.78 is 1.65. The first-order valence-corrected chi connectivity index (χ1v) is 9.80. The lowest BCUT2D eigenvalue weighted by atomic mass is 9.92. The monoisotopic (exact) mass is 398 g/mol. The van der Waals surface area contributed by atoms with Crippen molar-refractivity contribution >= 4 is 16.6 Å². The second kappa shape index (κ2) is 8.02. The van der Waals surface area contributed by atoms with Crippen LogP contribution in [0.2, 0.25) is 0 Å². The predicted octanol–water partition coefficient (Wildman–Crippen LogP) is 4.05. The molecule has 2 heterocycles. The summed E-state index contributed by atoms with van der Waals surface area (Å²) in [6.07, 6.45) is 8.62. The fourth-order valence-electron chi connectivity index (χ4n) is 3.69. The summed E-state index contributed by atoms with van der Waals surface area (Å²) in [5, 5.41) is 21.3. The van der Waals surface area contributed by atoms with E-state index in [1.54, 1.807) is 17.7 Å². The molecule has 1 aliphatic carbocycles. The summed E-state index contributed by atoms with van der Waals surface area (Å²) in [4.78, 5) is 16.5. The minimum absolute atomic E-state index is 0.222. The van der Waals surface area contributed by atoms with Gasteiger partial charge in [0.15, 0.2) is 5.75 Å². The third-order valence-electron chi connectivity index (χ3n) is 5.21. The fourth-order valence-corrected chi connectivity index (χ4v) is 3.69. The Labute approximate surface area is 174 Å². The van der Waals surface area contributed by atoms with Crippen molar-refractivity contribution in [1.82, 2.24) is 9.55 Å². The zero-order valence-corrected chi connectivity index (χ0v) is 16.8. The third-order valence-corrected chi connectivity index (χ3v) is 5.21. The summed E-state index contributed by atoms with van der Waals surface area (Å²) in [6, 6.07) is 9.33. The zero-order chi connectivity index (χ0) is 21.3. The molecule has 0 fully saturated rings. The van der Waals surface area contributed by atoms with Crippen LogP contribution in [0.1, 0.15) is 42.2 Å². The van der Waals surface area contributed by atoms with E-state index >= 15 is 0 Å². The smallest absolute Gasteiger partial charge is 0.223 e. The molecule has 0 saturated carbocycles. The molecule has 2 aromatic heterocycles. The van der Waals surface area contributed by atoms with E-state index in [2.05, 4.69) is 22.9 Å². The number of pyridine rings is 2. The number of fused-ring (bicyclic) bond motifs is 1. The Bertz CT molecular complexity index is 1300. The Kier molecular flexibility index (Phi) is 5.26. The van der Waals surface area contributed by atoms with Crippen molar-refractivity contribution < 1.29 is 10.2 Å². The van der Waals surface area contributed by atoms with Gasteiger partial charge in [-0.25, -0.2) is 0 Å². The second-order valence-corrected chi connectivity index (χ2v) is 7.36. The summed E-state index contributed by atoms with van der Waals surface area (Å²) in [7, 11) is 0. The molecule has 0 saturated heterocycles. The van der Waals surface area contributed by atoms with E-state index < -0.39 is 11.5 Å². The van der Waals surface area contributed by atoms with Gasteiger partial charge in [-0.05, 0) is 43.2 Å². The highest BCUT2D eigenvalue weighted by Gasteiger charge is 2.17. The average Bonchev–Trinajstić information content (AvgIpc) is 2.71. The van der Waals surface area contributed by atoms with Crippen LogP contribution < -0.4 is 5.43 Å². The topological polar surface area (TPSA) is 75.4 Å². The number of aryl methyl sites for hydroxylation is 1. The molecular formula is C25H22N2O3. The van der Waals surface area contributed by atoms with Gasteiger partial charge in [-0.1, -0.05) is 36.1 Å². The summed E-state index contributed by atoms with van der Waals surface area (Å²) in [5.74, 6) is 5.91. The Balaban J connectivity index is 1.93. The first-order valence-electron chi connectivity index (χ1n) is 9.80. The van der Waals surface area contributed by atoms with E-state index in [-0.39, 0.29) is 11.7 Å². The largest absolute Gasteiger partial charge is 0.503 e. The predicted molar refractivity (Wildman–Crippen MR) is 118 cm³/mol. The van der Waals surface area contributed by atoms with Crippen molar-refractivity contribution in [2.24, 2.45) is 0 Å². The van der Waals surface area contributed by atoms with Gasteiger partial charge in [0.1, 0.15) is 0 Å². The van der Waals surface area contributed by atoms with E-state index in [0.29, 0.717) is 12.1 Å². The first-order chi connectivity index (χ1) is 14.5. The number of allylic oxidation sites excluding steroid dienone is 4. The molecule has 2 atom stereocenters. The highest BCUT2D eigenvalue weighted by molar-refractivity contribution is 5.86. The molecule has 3 aromatic rings. The Morgan fingerprint density at radius 2 is 2.13 bits per heavy atom. The van der Waals surface area contributed by atoms with Crippen LogP contribution in [0.4, 0.5) is 0 Å². The van der Waals surface area contributed by atoms with Crippen LogP contribution in [0.15, 0.2) is 65.7 Å². The van der Waals surface area contributed by atoms with Crippen molar-refractivity contribution in [3.05, 3.63) is 88.0 Å². The van der Waals surface area contributed by atoms with E-state index in [1.807, 2.05) is 43.4 Å². The lowest BCUT2D eigenvalue weighted by Gasteiger charge is -2.19. The number of aromatic nitrogens is 2. The number of hydrogen-bond acceptors (Lipinski definition) is 4. The van der Waals surface area contributed by atoms with Crippen molar-refractivity contribution in [2.45, 2.75) is 32.3 Å². The molecule has 5 heteroatoms. The summed E-state index contributed by atoms with van der Waals surface area (Å²) >= 11 is 0. The second-order valence-electron chi connectivity index (χ2n) is 7.36. The van der Waals surface area contributed by atoms with E-state index in [0.717, 1.165) is 27.7 Å². The molecule has 150 valence electrons. The Morgan fingerprint density at radius 3 is 2.93 bits per heavy atom. The van der Waals surface area contributed by atoms with Crippen LogP contribution in [0.3, 0.4) is 0 Å². The molecule has 5 nitrogen and oxygen atoms in total. The zero-order valence-electron chi connectivity index (χ0n) is 16.8. The van der Waals surface area contributed by atoms with E-state index in [9.17, 15) is 15.0 Å². The highest BCUT2D eigenvalue weighted by atomic mass is 16.3. The Hall–Kier alpha value is -3.62. The molecule has 0 spiro atoms. The van der Waals surface area contributed by atoms with Gasteiger partial charge in [-0.2, -0.15) is 0 Å². The van der Waals surface area contributed by atoms with E-state index in [4.69, 9.17) is 0 Å². The van der Waals surface area contributed by atoms with Gasteiger partial charge in [0, 0.05) is 29.8 Å². The van der Waals surface area contributed by atoms with Gasteiger partial charge < -0.3 is 14.8 Å². The van der Waals surface area contributed by atoms with Crippen LogP contribution in [-0.4, -0.2) is 19.8 Å². The number of rotatable bonds is 3. The first kappa shape index (κ1) is 19.7. The van der Waals surface area contributed by atoms with Crippen LogP contribution in [0, 0.1) is 18.8 Å². The maximum atomic E-state index is 11.9. The van der Waals surface area contributed by atoms with Crippen LogP contribution in [-0.2, 0) is 0 Å². The van der Waals surface area contributed by atoms with Gasteiger partial charge in [-0.3, -0.25) is 9.78 Å². The van der Waals surface area contributed by atoms with Crippen molar-refractivity contribution in [3.63, 3.8) is 0 Å². The van der Waals surface area contributed by atoms with Gasteiger partial charge in [0.2, 0.25) is 5.43 Å². The van der Waals surface area contributed by atoms with Gasteiger partial charge in [-0.15, -0.1) is 0 Å². The minimum atomic E-state index is -0.882. The molecule has 0 radical (unpaired) electrons. The molecule has 2 N–H and O–H groups in total. The van der Waals surface area contributed by atoms with Crippen molar-refractivity contribution in [1.29, 1.82) is 0 Å². The molecular weight excluding hydrogens is 376 g/mol. The van der Waals surface area contributed by atoms with Crippen LogP contribution >= 0.6 is 0 Å². The van der Waals surface area contributed by atoms with Gasteiger partial charge >= 0.3 is 0 Å². The lowest BCUT2D eigenvalue weighted by molar-refractivity contribution is 0.191. The maximum absolute atomic E-state index is 11.9. The maximum Gasteiger partial charge on any atom is 0.223 e. The molecule has 0 bridgehead atoms. The normalized spacial score (nSPS) is 18.0. The molecule has 0 amide bonds. The SMILES string of the molecule is Cc1ccc(C2C#CC/C=C\C(n3cc(O)c(=O)cc3C(C)O)=C2)c2cccnc12. The molecule has 0 aliphatic heterocycles. The van der Waals surface area contributed by atoms with Gasteiger partial charge in [0.05, 0.1) is 29.4 Å². The number of aliphatic hydroxyl groups excluding tert-OH is 1. The highest BCUT2D eigenvalue weighted by Crippen LogP contribution is 2.30. The number of hydrogen-bond donors (Lipinski definition) is 2. The number of nitrogens with zero attached hydrogens (tertiary/aromatic N) is 2. The number of aromatic hydroxyl groups is 1. The quantitative estimate of drug-likeness (QED) is 0.653. The number of benzene rings is 1. The minimum Gasteiger partial charge on any atom is -0.503 e. The molecule has 30 heavy (non-hydrogen) atoms. The van der Waals surface area contributed by atoms with Crippen molar-refractivity contribution in [2.75, 3.05) is 0 Å². The lowest BCUT2D eigenvalue weighted by Crippen LogP contribution is -2.14.